The fraction of sp³-hybridized carbons (Fsp3) is 0.368. The van der Waals surface area contributed by atoms with Crippen molar-refractivity contribution in [2.24, 2.45) is 5.73 Å². The summed E-state index contributed by atoms with van der Waals surface area (Å²) in [7, 11) is 0. The van der Waals surface area contributed by atoms with Gasteiger partial charge in [0.25, 0.3) is 11.8 Å². The van der Waals surface area contributed by atoms with Crippen molar-refractivity contribution in [2.75, 3.05) is 13.1 Å². The number of carbonyl (C=O) groups is 2. The van der Waals surface area contributed by atoms with Gasteiger partial charge in [-0.15, -0.1) is 0 Å². The highest BCUT2D eigenvalue weighted by atomic mass is 16.3. The quantitative estimate of drug-likeness (QED) is 0.872. The van der Waals surface area contributed by atoms with Gasteiger partial charge in [0, 0.05) is 24.7 Å². The van der Waals surface area contributed by atoms with E-state index >= 15 is 0 Å². The lowest BCUT2D eigenvalue weighted by Gasteiger charge is -2.35. The topological polar surface area (TPSA) is 88.6 Å². The number of likely N-dealkylation sites (tertiary alicyclic amines) is 1. The fourth-order valence-corrected chi connectivity index (χ4v) is 3.15. The van der Waals surface area contributed by atoms with Crippen molar-refractivity contribution in [3.05, 3.63) is 59.5 Å². The molecule has 1 fully saturated rings. The molecular formula is C19H23N3O3. The molecule has 132 valence electrons. The van der Waals surface area contributed by atoms with Crippen molar-refractivity contribution in [1.82, 2.24) is 10.2 Å². The molecule has 2 heterocycles. The summed E-state index contributed by atoms with van der Waals surface area (Å²) in [6, 6.07) is 10.8. The SMILES string of the molecule is NCc1cc(C(=O)N2CCCCC2CNC(=O)c2ccccc2)co1. The lowest BCUT2D eigenvalue weighted by molar-refractivity contribution is 0.0601. The van der Waals surface area contributed by atoms with Gasteiger partial charge in [-0.1, -0.05) is 18.2 Å². The average molecular weight is 341 g/mol. The van der Waals surface area contributed by atoms with Crippen LogP contribution in [0.2, 0.25) is 0 Å². The first-order chi connectivity index (χ1) is 12.2. The van der Waals surface area contributed by atoms with Gasteiger partial charge in [-0.2, -0.15) is 0 Å². The molecule has 0 radical (unpaired) electrons. The molecule has 1 atom stereocenters. The van der Waals surface area contributed by atoms with E-state index in [1.54, 1.807) is 18.2 Å². The number of benzene rings is 1. The Hall–Kier alpha value is -2.60. The van der Waals surface area contributed by atoms with Crippen molar-refractivity contribution in [3.63, 3.8) is 0 Å². The Morgan fingerprint density at radius 2 is 2.00 bits per heavy atom. The first kappa shape index (κ1) is 17.2. The predicted molar refractivity (Wildman–Crippen MR) is 94.1 cm³/mol. The van der Waals surface area contributed by atoms with Crippen molar-refractivity contribution in [2.45, 2.75) is 31.8 Å². The van der Waals surface area contributed by atoms with Crippen LogP contribution in [0.25, 0.3) is 0 Å². The van der Waals surface area contributed by atoms with Gasteiger partial charge in [0.2, 0.25) is 0 Å². The Bertz CT molecular complexity index is 727. The van der Waals surface area contributed by atoms with Crippen LogP contribution in [0.5, 0.6) is 0 Å². The summed E-state index contributed by atoms with van der Waals surface area (Å²) in [6.07, 6.45) is 4.35. The Kier molecular flexibility index (Phi) is 5.50. The second-order valence-corrected chi connectivity index (χ2v) is 6.23. The van der Waals surface area contributed by atoms with Gasteiger partial charge in [0.05, 0.1) is 12.1 Å². The summed E-state index contributed by atoms with van der Waals surface area (Å²) in [5.41, 5.74) is 6.68. The minimum atomic E-state index is -0.118. The van der Waals surface area contributed by atoms with Crippen LogP contribution in [-0.4, -0.2) is 35.8 Å². The molecule has 0 aliphatic carbocycles. The molecule has 1 aliphatic rings. The Balaban J connectivity index is 1.64. The highest BCUT2D eigenvalue weighted by molar-refractivity contribution is 5.95. The van der Waals surface area contributed by atoms with E-state index in [1.165, 1.54) is 6.26 Å². The molecule has 6 heteroatoms. The van der Waals surface area contributed by atoms with Gasteiger partial charge in [-0.05, 0) is 37.5 Å². The van der Waals surface area contributed by atoms with E-state index in [1.807, 2.05) is 23.1 Å². The number of amides is 2. The number of hydrogen-bond acceptors (Lipinski definition) is 4. The summed E-state index contributed by atoms with van der Waals surface area (Å²) in [4.78, 5) is 26.8. The second-order valence-electron chi connectivity index (χ2n) is 6.23. The minimum absolute atomic E-state index is 0.00913. The fourth-order valence-electron chi connectivity index (χ4n) is 3.15. The van der Waals surface area contributed by atoms with Crippen LogP contribution >= 0.6 is 0 Å². The number of furan rings is 1. The number of rotatable bonds is 5. The van der Waals surface area contributed by atoms with Gasteiger partial charge in [0.15, 0.2) is 0 Å². The van der Waals surface area contributed by atoms with Gasteiger partial charge in [0.1, 0.15) is 12.0 Å². The van der Waals surface area contributed by atoms with Gasteiger partial charge >= 0.3 is 0 Å². The summed E-state index contributed by atoms with van der Waals surface area (Å²) in [6.45, 7) is 1.40. The van der Waals surface area contributed by atoms with Crippen LogP contribution in [0.15, 0.2) is 47.1 Å². The second kappa shape index (κ2) is 7.98. The van der Waals surface area contributed by atoms with Crippen LogP contribution in [0.1, 0.15) is 45.7 Å². The molecule has 6 nitrogen and oxygen atoms in total. The molecule has 1 aromatic heterocycles. The monoisotopic (exact) mass is 341 g/mol. The van der Waals surface area contributed by atoms with E-state index in [2.05, 4.69) is 5.32 Å². The molecule has 1 aliphatic heterocycles. The summed E-state index contributed by atoms with van der Waals surface area (Å²) < 4.78 is 5.27. The van der Waals surface area contributed by atoms with E-state index in [9.17, 15) is 9.59 Å². The smallest absolute Gasteiger partial charge is 0.257 e. The molecular weight excluding hydrogens is 318 g/mol. The van der Waals surface area contributed by atoms with Crippen LogP contribution < -0.4 is 11.1 Å². The zero-order valence-electron chi connectivity index (χ0n) is 14.1. The summed E-state index contributed by atoms with van der Waals surface area (Å²) >= 11 is 0. The number of piperidine rings is 1. The highest BCUT2D eigenvalue weighted by Gasteiger charge is 2.28. The van der Waals surface area contributed by atoms with Crippen LogP contribution in [-0.2, 0) is 6.54 Å². The van der Waals surface area contributed by atoms with Crippen LogP contribution in [0.4, 0.5) is 0 Å². The van der Waals surface area contributed by atoms with Crippen molar-refractivity contribution >= 4 is 11.8 Å². The van der Waals surface area contributed by atoms with Gasteiger partial charge < -0.3 is 20.4 Å². The van der Waals surface area contributed by atoms with E-state index in [0.717, 1.165) is 19.3 Å². The number of carbonyl (C=O) groups excluding carboxylic acids is 2. The molecule has 1 saturated heterocycles. The van der Waals surface area contributed by atoms with E-state index in [-0.39, 0.29) is 24.4 Å². The Labute approximate surface area is 147 Å². The zero-order chi connectivity index (χ0) is 17.6. The van der Waals surface area contributed by atoms with Gasteiger partial charge in [-0.3, -0.25) is 9.59 Å². The summed E-state index contributed by atoms with van der Waals surface area (Å²) in [5.74, 6) is 0.406. The van der Waals surface area contributed by atoms with Crippen molar-refractivity contribution in [1.29, 1.82) is 0 Å². The molecule has 2 amide bonds. The highest BCUT2D eigenvalue weighted by Crippen LogP contribution is 2.20. The average Bonchev–Trinajstić information content (AvgIpc) is 3.16. The van der Waals surface area contributed by atoms with E-state index < -0.39 is 0 Å². The van der Waals surface area contributed by atoms with Crippen molar-refractivity contribution < 1.29 is 14.0 Å². The number of nitrogens with two attached hydrogens (primary N) is 1. The molecule has 0 spiro atoms. The third-order valence-corrected chi connectivity index (χ3v) is 4.52. The maximum atomic E-state index is 12.8. The standard InChI is InChI=1S/C19H23N3O3/c20-11-17-10-15(13-25-17)19(24)22-9-5-4-8-16(22)12-21-18(23)14-6-2-1-3-7-14/h1-3,6-7,10,13,16H,4-5,8-9,11-12,20H2,(H,21,23). The van der Waals surface area contributed by atoms with E-state index in [4.69, 9.17) is 10.2 Å². The molecule has 0 bridgehead atoms. The zero-order valence-corrected chi connectivity index (χ0v) is 14.1. The third kappa shape index (κ3) is 4.09. The van der Waals surface area contributed by atoms with Crippen LogP contribution in [0, 0.1) is 0 Å². The van der Waals surface area contributed by atoms with Crippen LogP contribution in [0.3, 0.4) is 0 Å². The number of nitrogens with one attached hydrogen (secondary N) is 1. The number of nitrogens with zero attached hydrogens (tertiary/aromatic N) is 1. The lowest BCUT2D eigenvalue weighted by Crippen LogP contribution is -2.49. The number of hydrogen-bond donors (Lipinski definition) is 2. The molecule has 0 saturated carbocycles. The predicted octanol–water partition coefficient (Wildman–Crippen LogP) is 2.16. The van der Waals surface area contributed by atoms with E-state index in [0.29, 0.717) is 30.0 Å². The van der Waals surface area contributed by atoms with Crippen molar-refractivity contribution in [3.8, 4) is 0 Å². The Morgan fingerprint density at radius 1 is 1.20 bits per heavy atom. The maximum absolute atomic E-state index is 12.8. The molecule has 1 aromatic carbocycles. The molecule has 3 N–H and O–H groups in total. The largest absolute Gasteiger partial charge is 0.467 e. The first-order valence-corrected chi connectivity index (χ1v) is 8.60. The third-order valence-electron chi connectivity index (χ3n) is 4.52. The molecule has 2 aromatic rings. The normalized spacial score (nSPS) is 17.3. The summed E-state index contributed by atoms with van der Waals surface area (Å²) in [5, 5.41) is 2.95. The minimum Gasteiger partial charge on any atom is -0.467 e. The van der Waals surface area contributed by atoms with Gasteiger partial charge in [-0.25, -0.2) is 0 Å². The lowest BCUT2D eigenvalue weighted by atomic mass is 10.0. The molecule has 25 heavy (non-hydrogen) atoms. The first-order valence-electron chi connectivity index (χ1n) is 8.60. The maximum Gasteiger partial charge on any atom is 0.257 e. The Morgan fingerprint density at radius 3 is 2.72 bits per heavy atom. The molecule has 1 unspecified atom stereocenters. The molecule has 3 rings (SSSR count).